The second kappa shape index (κ2) is 5.79. The molecule has 2 N–H and O–H groups in total. The first kappa shape index (κ1) is 12.8. The van der Waals surface area contributed by atoms with Gasteiger partial charge in [0, 0.05) is 18.3 Å². The van der Waals surface area contributed by atoms with E-state index < -0.39 is 0 Å². The van der Waals surface area contributed by atoms with Gasteiger partial charge in [-0.05, 0) is 13.8 Å². The van der Waals surface area contributed by atoms with Crippen LogP contribution in [0.3, 0.4) is 0 Å². The Labute approximate surface area is 106 Å². The SMILES string of the molecule is Cc1nc(CNCc2cnn(CCO)c2)oc1C. The fourth-order valence-electron chi connectivity index (χ4n) is 1.65. The van der Waals surface area contributed by atoms with Crippen molar-refractivity contribution in [2.75, 3.05) is 6.61 Å². The van der Waals surface area contributed by atoms with Gasteiger partial charge in [0.15, 0.2) is 0 Å². The van der Waals surface area contributed by atoms with E-state index in [0.717, 1.165) is 17.0 Å². The van der Waals surface area contributed by atoms with E-state index in [1.807, 2.05) is 20.0 Å². The van der Waals surface area contributed by atoms with Crippen molar-refractivity contribution in [1.82, 2.24) is 20.1 Å². The fraction of sp³-hybridized carbons (Fsp3) is 0.500. The zero-order valence-corrected chi connectivity index (χ0v) is 10.7. The first-order valence-electron chi connectivity index (χ1n) is 5.95. The molecule has 0 aromatic carbocycles. The zero-order valence-electron chi connectivity index (χ0n) is 10.7. The molecule has 0 aliphatic carbocycles. The molecule has 2 rings (SSSR count). The van der Waals surface area contributed by atoms with E-state index in [4.69, 9.17) is 9.52 Å². The summed E-state index contributed by atoms with van der Waals surface area (Å²) < 4.78 is 7.19. The molecule has 0 unspecified atom stereocenters. The molecule has 18 heavy (non-hydrogen) atoms. The van der Waals surface area contributed by atoms with Crippen molar-refractivity contribution < 1.29 is 9.52 Å². The standard InChI is InChI=1S/C12H18N4O2/c1-9-10(2)18-12(15-9)7-13-5-11-6-14-16(8-11)3-4-17/h6,8,13,17H,3-5,7H2,1-2H3. The molecule has 0 fully saturated rings. The molecule has 2 aromatic rings. The summed E-state index contributed by atoms with van der Waals surface area (Å²) in [7, 11) is 0. The first-order chi connectivity index (χ1) is 8.69. The maximum atomic E-state index is 8.78. The summed E-state index contributed by atoms with van der Waals surface area (Å²) in [5.74, 6) is 1.57. The molecule has 2 aromatic heterocycles. The van der Waals surface area contributed by atoms with Crippen LogP contribution in [-0.4, -0.2) is 26.5 Å². The van der Waals surface area contributed by atoms with Crippen molar-refractivity contribution >= 4 is 0 Å². The Hall–Kier alpha value is -1.66. The van der Waals surface area contributed by atoms with Gasteiger partial charge in [-0.2, -0.15) is 5.10 Å². The van der Waals surface area contributed by atoms with Crippen LogP contribution in [-0.2, 0) is 19.6 Å². The lowest BCUT2D eigenvalue weighted by Crippen LogP contribution is -2.12. The molecular weight excluding hydrogens is 232 g/mol. The number of aryl methyl sites for hydroxylation is 2. The first-order valence-corrected chi connectivity index (χ1v) is 5.95. The largest absolute Gasteiger partial charge is 0.444 e. The Kier molecular flexibility index (Phi) is 4.11. The van der Waals surface area contributed by atoms with Crippen LogP contribution in [0.25, 0.3) is 0 Å². The van der Waals surface area contributed by atoms with Crippen LogP contribution in [0.15, 0.2) is 16.8 Å². The van der Waals surface area contributed by atoms with Crippen molar-refractivity contribution in [2.45, 2.75) is 33.5 Å². The monoisotopic (exact) mass is 250 g/mol. The van der Waals surface area contributed by atoms with E-state index in [2.05, 4.69) is 15.4 Å². The van der Waals surface area contributed by atoms with Crippen LogP contribution >= 0.6 is 0 Å². The number of aliphatic hydroxyl groups is 1. The Morgan fingerprint density at radius 3 is 2.89 bits per heavy atom. The third-order valence-corrected chi connectivity index (χ3v) is 2.69. The summed E-state index contributed by atoms with van der Waals surface area (Å²) in [4.78, 5) is 4.29. The van der Waals surface area contributed by atoms with E-state index in [0.29, 0.717) is 25.5 Å². The van der Waals surface area contributed by atoms with Crippen molar-refractivity contribution in [2.24, 2.45) is 0 Å². The highest BCUT2D eigenvalue weighted by atomic mass is 16.4. The molecule has 0 spiro atoms. The molecule has 0 atom stereocenters. The smallest absolute Gasteiger partial charge is 0.208 e. The van der Waals surface area contributed by atoms with Gasteiger partial charge in [0.1, 0.15) is 5.76 Å². The average Bonchev–Trinajstić information content (AvgIpc) is 2.88. The van der Waals surface area contributed by atoms with E-state index in [1.165, 1.54) is 0 Å². The minimum atomic E-state index is 0.101. The lowest BCUT2D eigenvalue weighted by molar-refractivity contribution is 0.269. The summed E-state index contributed by atoms with van der Waals surface area (Å²) in [6, 6.07) is 0. The van der Waals surface area contributed by atoms with Crippen LogP contribution < -0.4 is 5.32 Å². The minimum absolute atomic E-state index is 0.101. The number of hydrogen-bond acceptors (Lipinski definition) is 5. The highest BCUT2D eigenvalue weighted by molar-refractivity contribution is 5.06. The molecule has 6 heteroatoms. The predicted molar refractivity (Wildman–Crippen MR) is 65.8 cm³/mol. The summed E-state index contributed by atoms with van der Waals surface area (Å²) in [6.07, 6.45) is 3.70. The van der Waals surface area contributed by atoms with Crippen molar-refractivity contribution in [1.29, 1.82) is 0 Å². The van der Waals surface area contributed by atoms with Crippen LogP contribution in [0.2, 0.25) is 0 Å². The average molecular weight is 250 g/mol. The molecule has 98 valence electrons. The number of aliphatic hydroxyl groups excluding tert-OH is 1. The van der Waals surface area contributed by atoms with Crippen LogP contribution in [0.1, 0.15) is 22.9 Å². The number of aromatic nitrogens is 3. The molecule has 0 saturated heterocycles. The van der Waals surface area contributed by atoms with E-state index in [1.54, 1.807) is 10.9 Å². The van der Waals surface area contributed by atoms with Gasteiger partial charge in [0.05, 0.1) is 31.6 Å². The third-order valence-electron chi connectivity index (χ3n) is 2.69. The third kappa shape index (κ3) is 3.18. The minimum Gasteiger partial charge on any atom is -0.444 e. The van der Waals surface area contributed by atoms with Gasteiger partial charge >= 0.3 is 0 Å². The molecule has 0 bridgehead atoms. The normalized spacial score (nSPS) is 11.1. The molecule has 0 aliphatic heterocycles. The van der Waals surface area contributed by atoms with Crippen LogP contribution in [0.5, 0.6) is 0 Å². The maximum Gasteiger partial charge on any atom is 0.208 e. The van der Waals surface area contributed by atoms with Crippen molar-refractivity contribution in [3.05, 3.63) is 35.3 Å². The van der Waals surface area contributed by atoms with Crippen LogP contribution in [0.4, 0.5) is 0 Å². The predicted octanol–water partition coefficient (Wildman–Crippen LogP) is 0.770. The Morgan fingerprint density at radius 1 is 1.39 bits per heavy atom. The molecule has 2 heterocycles. The number of nitrogens with zero attached hydrogens (tertiary/aromatic N) is 3. The Bertz CT molecular complexity index is 484. The van der Waals surface area contributed by atoms with Gasteiger partial charge in [0.25, 0.3) is 0 Å². The number of rotatable bonds is 6. The summed E-state index contributed by atoms with van der Waals surface area (Å²) in [6.45, 7) is 5.76. The van der Waals surface area contributed by atoms with Crippen molar-refractivity contribution in [3.63, 3.8) is 0 Å². The maximum absolute atomic E-state index is 8.78. The number of hydrogen-bond donors (Lipinski definition) is 2. The van der Waals surface area contributed by atoms with E-state index in [-0.39, 0.29) is 6.61 Å². The lowest BCUT2D eigenvalue weighted by Gasteiger charge is -1.99. The number of nitrogens with one attached hydrogen (secondary N) is 1. The summed E-state index contributed by atoms with van der Waals surface area (Å²) in [5, 5.41) is 16.2. The van der Waals surface area contributed by atoms with Gasteiger partial charge in [-0.25, -0.2) is 4.98 Å². The summed E-state index contributed by atoms with van der Waals surface area (Å²) in [5.41, 5.74) is 2.01. The van der Waals surface area contributed by atoms with Crippen molar-refractivity contribution in [3.8, 4) is 0 Å². The quantitative estimate of drug-likeness (QED) is 0.792. The zero-order chi connectivity index (χ0) is 13.0. The van der Waals surface area contributed by atoms with E-state index in [9.17, 15) is 0 Å². The van der Waals surface area contributed by atoms with Gasteiger partial charge in [0.2, 0.25) is 5.89 Å². The lowest BCUT2D eigenvalue weighted by atomic mass is 10.3. The highest BCUT2D eigenvalue weighted by Gasteiger charge is 2.05. The molecular formula is C12H18N4O2. The number of oxazole rings is 1. The molecule has 0 radical (unpaired) electrons. The van der Waals surface area contributed by atoms with Gasteiger partial charge < -0.3 is 14.8 Å². The fourth-order valence-corrected chi connectivity index (χ4v) is 1.65. The second-order valence-corrected chi connectivity index (χ2v) is 4.19. The Morgan fingerprint density at radius 2 is 2.22 bits per heavy atom. The Balaban J connectivity index is 1.80. The summed E-state index contributed by atoms with van der Waals surface area (Å²) >= 11 is 0. The molecule has 0 saturated carbocycles. The molecule has 0 aliphatic rings. The van der Waals surface area contributed by atoms with Gasteiger partial charge in [-0.15, -0.1) is 0 Å². The van der Waals surface area contributed by atoms with Gasteiger partial charge in [-0.1, -0.05) is 0 Å². The molecule has 6 nitrogen and oxygen atoms in total. The van der Waals surface area contributed by atoms with Crippen LogP contribution in [0, 0.1) is 13.8 Å². The van der Waals surface area contributed by atoms with Gasteiger partial charge in [-0.3, -0.25) is 4.68 Å². The highest BCUT2D eigenvalue weighted by Crippen LogP contribution is 2.08. The topological polar surface area (TPSA) is 76.1 Å². The molecule has 0 amide bonds. The second-order valence-electron chi connectivity index (χ2n) is 4.19. The van der Waals surface area contributed by atoms with E-state index >= 15 is 0 Å².